The molecule has 1 saturated carbocycles. The van der Waals surface area contributed by atoms with E-state index in [0.717, 1.165) is 0 Å². The van der Waals surface area contributed by atoms with Gasteiger partial charge in [-0.3, -0.25) is 19.3 Å². The summed E-state index contributed by atoms with van der Waals surface area (Å²) in [5, 5.41) is 12.6. The highest BCUT2D eigenvalue weighted by molar-refractivity contribution is 6.06. The summed E-state index contributed by atoms with van der Waals surface area (Å²) < 4.78 is 0. The average Bonchev–Trinajstić information content (AvgIpc) is 2.54. The van der Waals surface area contributed by atoms with Crippen LogP contribution in [0.1, 0.15) is 30.1 Å². The maximum Gasteiger partial charge on any atom is 0.317 e. The number of carbonyl (C=O) groups is 2. The van der Waals surface area contributed by atoms with Gasteiger partial charge in [0.2, 0.25) is 5.56 Å². The van der Waals surface area contributed by atoms with Gasteiger partial charge in [-0.05, 0) is 25.5 Å². The Morgan fingerprint density at radius 1 is 1.32 bits per heavy atom. The van der Waals surface area contributed by atoms with Crippen LogP contribution in [0.4, 0.5) is 0 Å². The van der Waals surface area contributed by atoms with Crippen LogP contribution in [-0.2, 0) is 4.79 Å². The fraction of sp³-hybridized carbons (Fsp3) is 0.389. The molecule has 1 aliphatic rings. The molecular formula is C18H21N3O4. The molecule has 0 aliphatic heterocycles. The second kappa shape index (κ2) is 7.06. The Bertz CT molecular complexity index is 855. The van der Waals surface area contributed by atoms with Gasteiger partial charge < -0.3 is 15.4 Å². The Morgan fingerprint density at radius 2 is 2.04 bits per heavy atom. The van der Waals surface area contributed by atoms with Crippen LogP contribution in [0.3, 0.4) is 0 Å². The number of carbonyl (C=O) groups excluding carboxylic acids is 1. The van der Waals surface area contributed by atoms with Gasteiger partial charge in [0.15, 0.2) is 0 Å². The van der Waals surface area contributed by atoms with E-state index in [1.54, 1.807) is 18.2 Å². The Labute approximate surface area is 144 Å². The molecule has 2 aromatic rings. The number of likely N-dealkylation sites (N-methyl/N-ethyl adjacent to an activating group) is 1. The van der Waals surface area contributed by atoms with Gasteiger partial charge in [-0.2, -0.15) is 0 Å². The van der Waals surface area contributed by atoms with E-state index in [1.165, 1.54) is 6.07 Å². The van der Waals surface area contributed by atoms with Crippen molar-refractivity contribution in [3.05, 3.63) is 46.2 Å². The lowest BCUT2D eigenvalue weighted by Crippen LogP contribution is -2.54. The zero-order chi connectivity index (χ0) is 18.0. The molecule has 0 saturated heterocycles. The number of carboxylic acids is 1. The third-order valence-corrected chi connectivity index (χ3v) is 4.70. The van der Waals surface area contributed by atoms with Crippen molar-refractivity contribution >= 4 is 22.8 Å². The van der Waals surface area contributed by atoms with Crippen molar-refractivity contribution in [2.75, 3.05) is 13.1 Å². The minimum absolute atomic E-state index is 0.00149. The van der Waals surface area contributed by atoms with Crippen LogP contribution in [0.5, 0.6) is 0 Å². The van der Waals surface area contributed by atoms with E-state index in [4.69, 9.17) is 5.11 Å². The number of rotatable bonds is 6. The first kappa shape index (κ1) is 17.2. The number of benzene rings is 1. The van der Waals surface area contributed by atoms with Gasteiger partial charge in [0.25, 0.3) is 5.91 Å². The molecule has 1 aliphatic carbocycles. The van der Waals surface area contributed by atoms with Crippen molar-refractivity contribution in [1.82, 2.24) is 15.2 Å². The highest BCUT2D eigenvalue weighted by Gasteiger charge is 2.35. The molecule has 1 heterocycles. The number of hydrogen-bond donors (Lipinski definition) is 3. The van der Waals surface area contributed by atoms with Gasteiger partial charge in [-0.25, -0.2) is 0 Å². The number of amides is 1. The van der Waals surface area contributed by atoms with Crippen molar-refractivity contribution in [3.8, 4) is 0 Å². The molecule has 0 spiro atoms. The second-order valence-corrected chi connectivity index (χ2v) is 6.35. The monoisotopic (exact) mass is 343 g/mol. The van der Waals surface area contributed by atoms with E-state index >= 15 is 0 Å². The summed E-state index contributed by atoms with van der Waals surface area (Å²) in [5.41, 5.74) is 0.680. The van der Waals surface area contributed by atoms with Crippen LogP contribution < -0.4 is 10.9 Å². The fourth-order valence-corrected chi connectivity index (χ4v) is 3.33. The average molecular weight is 343 g/mol. The Morgan fingerprint density at radius 3 is 2.72 bits per heavy atom. The van der Waals surface area contributed by atoms with Crippen LogP contribution in [0.25, 0.3) is 10.9 Å². The van der Waals surface area contributed by atoms with Crippen LogP contribution in [0.2, 0.25) is 0 Å². The first-order valence-electron chi connectivity index (χ1n) is 8.36. The van der Waals surface area contributed by atoms with Gasteiger partial charge in [-0.1, -0.05) is 25.1 Å². The molecule has 3 rings (SSSR count). The third kappa shape index (κ3) is 3.71. The number of nitrogens with one attached hydrogen (secondary N) is 2. The van der Waals surface area contributed by atoms with Crippen molar-refractivity contribution in [2.24, 2.45) is 0 Å². The molecule has 7 nitrogen and oxygen atoms in total. The maximum absolute atomic E-state index is 12.6. The summed E-state index contributed by atoms with van der Waals surface area (Å²) in [6.45, 7) is 2.61. The van der Waals surface area contributed by atoms with Crippen molar-refractivity contribution in [1.29, 1.82) is 0 Å². The van der Waals surface area contributed by atoms with Crippen LogP contribution in [-0.4, -0.2) is 52.0 Å². The van der Waals surface area contributed by atoms with E-state index in [9.17, 15) is 14.4 Å². The highest BCUT2D eigenvalue weighted by Crippen LogP contribution is 2.26. The molecule has 1 amide bonds. The highest BCUT2D eigenvalue weighted by atomic mass is 16.4. The number of aliphatic carboxylic acids is 1. The summed E-state index contributed by atoms with van der Waals surface area (Å²) in [5.74, 6) is -1.11. The number of aromatic amines is 1. The molecule has 0 radical (unpaired) electrons. The lowest BCUT2D eigenvalue weighted by Gasteiger charge is -2.42. The van der Waals surface area contributed by atoms with Gasteiger partial charge in [0.05, 0.1) is 12.1 Å². The lowest BCUT2D eigenvalue weighted by atomic mass is 9.85. The minimum Gasteiger partial charge on any atom is -0.480 e. The number of carboxylic acid groups (broad SMARTS) is 1. The number of aromatic nitrogens is 1. The van der Waals surface area contributed by atoms with E-state index in [-0.39, 0.29) is 30.1 Å². The Hall–Kier alpha value is -2.67. The SMILES string of the molecule is CCN(CC(=O)O)C1CC(NC(=O)c2cc(=O)[nH]c3ccccc23)C1. The van der Waals surface area contributed by atoms with Crippen molar-refractivity contribution < 1.29 is 14.7 Å². The summed E-state index contributed by atoms with van der Waals surface area (Å²) in [6, 6.07) is 8.67. The normalized spacial score (nSPS) is 19.6. The zero-order valence-electron chi connectivity index (χ0n) is 14.0. The van der Waals surface area contributed by atoms with Crippen molar-refractivity contribution in [3.63, 3.8) is 0 Å². The van der Waals surface area contributed by atoms with Gasteiger partial charge in [-0.15, -0.1) is 0 Å². The molecule has 0 atom stereocenters. The van der Waals surface area contributed by atoms with Gasteiger partial charge in [0.1, 0.15) is 0 Å². The summed E-state index contributed by atoms with van der Waals surface area (Å²) in [6.07, 6.45) is 1.43. The summed E-state index contributed by atoms with van der Waals surface area (Å²) in [4.78, 5) is 39.8. The van der Waals surface area contributed by atoms with Crippen LogP contribution in [0.15, 0.2) is 35.1 Å². The standard InChI is InChI=1S/C18H21N3O4/c1-2-21(10-17(23)24)12-7-11(8-12)19-18(25)14-9-16(22)20-15-6-4-3-5-13(14)15/h3-6,9,11-12H,2,7-8,10H2,1H3,(H,19,25)(H,20,22)(H,23,24). The summed E-state index contributed by atoms with van der Waals surface area (Å²) >= 11 is 0. The molecule has 132 valence electrons. The molecule has 7 heteroatoms. The molecule has 1 aromatic carbocycles. The number of H-pyrrole nitrogens is 1. The molecule has 0 bridgehead atoms. The molecule has 1 aromatic heterocycles. The molecule has 0 unspecified atom stereocenters. The predicted octanol–water partition coefficient (Wildman–Crippen LogP) is 1.20. The molecular weight excluding hydrogens is 322 g/mol. The van der Waals surface area contributed by atoms with Crippen molar-refractivity contribution in [2.45, 2.75) is 31.8 Å². The van der Waals surface area contributed by atoms with E-state index < -0.39 is 5.97 Å². The van der Waals surface area contributed by atoms with E-state index in [0.29, 0.717) is 35.9 Å². The maximum atomic E-state index is 12.6. The van der Waals surface area contributed by atoms with Crippen LogP contribution >= 0.6 is 0 Å². The van der Waals surface area contributed by atoms with Gasteiger partial charge in [0, 0.05) is 29.1 Å². The largest absolute Gasteiger partial charge is 0.480 e. The van der Waals surface area contributed by atoms with Crippen LogP contribution in [0, 0.1) is 0 Å². The second-order valence-electron chi connectivity index (χ2n) is 6.35. The Balaban J connectivity index is 1.67. The minimum atomic E-state index is -0.843. The van der Waals surface area contributed by atoms with Gasteiger partial charge >= 0.3 is 5.97 Å². The smallest absolute Gasteiger partial charge is 0.317 e. The molecule has 3 N–H and O–H groups in total. The quantitative estimate of drug-likeness (QED) is 0.731. The predicted molar refractivity (Wildman–Crippen MR) is 93.7 cm³/mol. The number of para-hydroxylation sites is 1. The summed E-state index contributed by atoms with van der Waals surface area (Å²) in [7, 11) is 0. The molecule has 25 heavy (non-hydrogen) atoms. The third-order valence-electron chi connectivity index (χ3n) is 4.70. The number of nitrogens with zero attached hydrogens (tertiary/aromatic N) is 1. The zero-order valence-corrected chi connectivity index (χ0v) is 14.0. The first-order chi connectivity index (χ1) is 12.0. The lowest BCUT2D eigenvalue weighted by molar-refractivity contribution is -0.139. The Kier molecular flexibility index (Phi) is 4.85. The number of fused-ring (bicyclic) bond motifs is 1. The topological polar surface area (TPSA) is 102 Å². The number of hydrogen-bond acceptors (Lipinski definition) is 4. The van der Waals surface area contributed by atoms with E-state index in [1.807, 2.05) is 17.9 Å². The van der Waals surface area contributed by atoms with E-state index in [2.05, 4.69) is 10.3 Å². The molecule has 1 fully saturated rings. The number of pyridine rings is 1. The first-order valence-corrected chi connectivity index (χ1v) is 8.36. The fourth-order valence-electron chi connectivity index (χ4n) is 3.33.